The van der Waals surface area contributed by atoms with Gasteiger partial charge in [-0.25, -0.2) is 0 Å². The summed E-state index contributed by atoms with van der Waals surface area (Å²) in [6, 6.07) is 9.49. The van der Waals surface area contributed by atoms with E-state index in [9.17, 15) is 0 Å². The van der Waals surface area contributed by atoms with Crippen LogP contribution < -0.4 is 5.32 Å². The molecule has 1 atom stereocenters. The highest BCUT2D eigenvalue weighted by atomic mass is 35.5. The van der Waals surface area contributed by atoms with E-state index in [4.69, 9.17) is 0 Å². The molecule has 0 spiro atoms. The summed E-state index contributed by atoms with van der Waals surface area (Å²) in [6.07, 6.45) is 4.27. The van der Waals surface area contributed by atoms with Gasteiger partial charge in [0, 0.05) is 12.6 Å². The van der Waals surface area contributed by atoms with E-state index >= 15 is 0 Å². The van der Waals surface area contributed by atoms with Crippen molar-refractivity contribution in [2.45, 2.75) is 45.7 Å². The Morgan fingerprint density at radius 3 is 2.38 bits per heavy atom. The van der Waals surface area contributed by atoms with Gasteiger partial charge >= 0.3 is 0 Å². The van der Waals surface area contributed by atoms with E-state index in [2.05, 4.69) is 43.4 Å². The Labute approximate surface area is 105 Å². The van der Waals surface area contributed by atoms with Gasteiger partial charge < -0.3 is 5.32 Å². The molecule has 0 radical (unpaired) electrons. The molecule has 0 aliphatic heterocycles. The highest BCUT2D eigenvalue weighted by Crippen LogP contribution is 2.29. The molecule has 2 rings (SSSR count). The van der Waals surface area contributed by atoms with Crippen molar-refractivity contribution in [2.24, 2.45) is 5.92 Å². The van der Waals surface area contributed by atoms with Gasteiger partial charge in [0.25, 0.3) is 0 Å². The molecule has 1 saturated carbocycles. The van der Waals surface area contributed by atoms with Crippen LogP contribution in [0, 0.1) is 12.8 Å². The van der Waals surface area contributed by atoms with E-state index in [1.165, 1.54) is 30.4 Å². The number of aryl methyl sites for hydroxylation is 1. The first-order chi connectivity index (χ1) is 7.25. The number of hydrogen-bond acceptors (Lipinski definition) is 1. The fourth-order valence-corrected chi connectivity index (χ4v) is 2.09. The van der Waals surface area contributed by atoms with Gasteiger partial charge in [0.1, 0.15) is 0 Å². The molecule has 0 unspecified atom stereocenters. The molecule has 2 heteroatoms. The number of hydrogen-bond donors (Lipinski definition) is 1. The molecule has 1 aliphatic rings. The second-order valence-corrected chi connectivity index (χ2v) is 4.85. The Morgan fingerprint density at radius 1 is 1.25 bits per heavy atom. The van der Waals surface area contributed by atoms with E-state index in [1.54, 1.807) is 0 Å². The summed E-state index contributed by atoms with van der Waals surface area (Å²) in [7, 11) is 0. The molecule has 1 N–H and O–H groups in total. The van der Waals surface area contributed by atoms with Gasteiger partial charge in [0.15, 0.2) is 0 Å². The monoisotopic (exact) mass is 239 g/mol. The van der Waals surface area contributed by atoms with Crippen LogP contribution in [-0.2, 0) is 6.54 Å². The first-order valence-electron chi connectivity index (χ1n) is 6.04. The Hall–Kier alpha value is -0.530. The third-order valence-electron chi connectivity index (χ3n) is 3.61. The van der Waals surface area contributed by atoms with Gasteiger partial charge in [0.2, 0.25) is 0 Å². The van der Waals surface area contributed by atoms with Crippen LogP contribution in [-0.4, -0.2) is 6.04 Å². The molecule has 1 aromatic rings. The number of rotatable bonds is 4. The van der Waals surface area contributed by atoms with Crippen molar-refractivity contribution in [1.29, 1.82) is 0 Å². The van der Waals surface area contributed by atoms with Crippen molar-refractivity contribution in [3.63, 3.8) is 0 Å². The van der Waals surface area contributed by atoms with Gasteiger partial charge in [-0.05, 0) is 38.2 Å². The maximum Gasteiger partial charge on any atom is 0.0208 e. The average Bonchev–Trinajstić information content (AvgIpc) is 2.14. The van der Waals surface area contributed by atoms with Crippen molar-refractivity contribution < 1.29 is 0 Å². The SMILES string of the molecule is Cc1ccc(CN[C@@H](C)C2CCC2)cc1.Cl. The summed E-state index contributed by atoms with van der Waals surface area (Å²) in [5.41, 5.74) is 2.73. The zero-order valence-corrected chi connectivity index (χ0v) is 11.0. The number of halogens is 1. The predicted molar refractivity (Wildman–Crippen MR) is 72.1 cm³/mol. The van der Waals surface area contributed by atoms with Gasteiger partial charge in [0.05, 0.1) is 0 Å². The number of nitrogens with one attached hydrogen (secondary N) is 1. The molecule has 16 heavy (non-hydrogen) atoms. The zero-order valence-electron chi connectivity index (χ0n) is 10.2. The molecule has 0 aromatic heterocycles. The second kappa shape index (κ2) is 6.27. The third-order valence-corrected chi connectivity index (χ3v) is 3.61. The third kappa shape index (κ3) is 3.50. The molecule has 1 fully saturated rings. The summed E-state index contributed by atoms with van der Waals surface area (Å²) < 4.78 is 0. The lowest BCUT2D eigenvalue weighted by molar-refractivity contribution is 0.240. The smallest absolute Gasteiger partial charge is 0.0208 e. The first-order valence-corrected chi connectivity index (χ1v) is 6.04. The lowest BCUT2D eigenvalue weighted by Crippen LogP contribution is -2.36. The van der Waals surface area contributed by atoms with Crippen LogP contribution in [0.5, 0.6) is 0 Å². The summed E-state index contributed by atoms with van der Waals surface area (Å²) in [4.78, 5) is 0. The fraction of sp³-hybridized carbons (Fsp3) is 0.571. The molecule has 0 saturated heterocycles. The molecular formula is C14H22ClN. The normalized spacial score (nSPS) is 17.4. The van der Waals surface area contributed by atoms with Crippen molar-refractivity contribution in [2.75, 3.05) is 0 Å². The minimum Gasteiger partial charge on any atom is -0.310 e. The first kappa shape index (κ1) is 13.5. The Morgan fingerprint density at radius 2 is 1.88 bits per heavy atom. The van der Waals surface area contributed by atoms with E-state index in [1.807, 2.05) is 0 Å². The maximum absolute atomic E-state index is 3.62. The lowest BCUT2D eigenvalue weighted by atomic mass is 9.80. The van der Waals surface area contributed by atoms with Crippen LogP contribution in [0.25, 0.3) is 0 Å². The summed E-state index contributed by atoms with van der Waals surface area (Å²) in [5, 5.41) is 3.62. The van der Waals surface area contributed by atoms with Gasteiger partial charge in [-0.1, -0.05) is 36.2 Å². The van der Waals surface area contributed by atoms with Crippen LogP contribution in [0.3, 0.4) is 0 Å². The Bertz CT molecular complexity index is 303. The minimum atomic E-state index is 0. The summed E-state index contributed by atoms with van der Waals surface area (Å²) in [6.45, 7) is 5.46. The summed E-state index contributed by atoms with van der Waals surface area (Å²) in [5.74, 6) is 0.926. The summed E-state index contributed by atoms with van der Waals surface area (Å²) >= 11 is 0. The molecule has 0 heterocycles. The molecular weight excluding hydrogens is 218 g/mol. The van der Waals surface area contributed by atoms with Crippen molar-refractivity contribution in [3.8, 4) is 0 Å². The van der Waals surface area contributed by atoms with Crippen LogP contribution >= 0.6 is 12.4 Å². The predicted octanol–water partition coefficient (Wildman–Crippen LogP) is 3.70. The maximum atomic E-state index is 3.62. The fourth-order valence-electron chi connectivity index (χ4n) is 2.09. The van der Waals surface area contributed by atoms with Crippen LogP contribution in [0.1, 0.15) is 37.3 Å². The minimum absolute atomic E-state index is 0. The molecule has 1 aliphatic carbocycles. The lowest BCUT2D eigenvalue weighted by Gasteiger charge is -2.32. The van der Waals surface area contributed by atoms with Crippen molar-refractivity contribution in [3.05, 3.63) is 35.4 Å². The van der Waals surface area contributed by atoms with E-state index in [-0.39, 0.29) is 12.4 Å². The standard InChI is InChI=1S/C14H21N.ClH/c1-11-6-8-13(9-7-11)10-15-12(2)14-4-3-5-14;/h6-9,12,14-15H,3-5,10H2,1-2H3;1H/t12-;/m0./s1. The largest absolute Gasteiger partial charge is 0.310 e. The van der Waals surface area contributed by atoms with Crippen molar-refractivity contribution in [1.82, 2.24) is 5.32 Å². The van der Waals surface area contributed by atoms with Crippen LogP contribution in [0.15, 0.2) is 24.3 Å². The van der Waals surface area contributed by atoms with Crippen LogP contribution in [0.4, 0.5) is 0 Å². The Kier molecular flexibility index (Phi) is 5.30. The van der Waals surface area contributed by atoms with Crippen LogP contribution in [0.2, 0.25) is 0 Å². The van der Waals surface area contributed by atoms with Gasteiger partial charge in [-0.3, -0.25) is 0 Å². The van der Waals surface area contributed by atoms with E-state index in [0.29, 0.717) is 6.04 Å². The van der Waals surface area contributed by atoms with E-state index in [0.717, 1.165) is 12.5 Å². The van der Waals surface area contributed by atoms with E-state index < -0.39 is 0 Å². The molecule has 1 aromatic carbocycles. The molecule has 0 amide bonds. The highest BCUT2D eigenvalue weighted by molar-refractivity contribution is 5.85. The molecule has 90 valence electrons. The zero-order chi connectivity index (χ0) is 10.7. The second-order valence-electron chi connectivity index (χ2n) is 4.85. The van der Waals surface area contributed by atoms with Gasteiger partial charge in [-0.15, -0.1) is 12.4 Å². The average molecular weight is 240 g/mol. The Balaban J connectivity index is 0.00000128. The van der Waals surface area contributed by atoms with Crippen molar-refractivity contribution >= 4 is 12.4 Å². The van der Waals surface area contributed by atoms with Gasteiger partial charge in [-0.2, -0.15) is 0 Å². The highest BCUT2D eigenvalue weighted by Gasteiger charge is 2.22. The molecule has 0 bridgehead atoms. The molecule has 1 nitrogen and oxygen atoms in total. The topological polar surface area (TPSA) is 12.0 Å². The quantitative estimate of drug-likeness (QED) is 0.845. The number of benzene rings is 1.